The molecule has 0 unspecified atom stereocenters. The lowest BCUT2D eigenvalue weighted by Gasteiger charge is -2.28. The van der Waals surface area contributed by atoms with E-state index in [1.165, 1.54) is 12.2 Å². The van der Waals surface area contributed by atoms with Crippen LogP contribution in [0.15, 0.2) is 0 Å². The number of thioether (sulfide) groups is 1. The standard InChI is InChI=1S/C12H20N2O2S/c15-11-2-5-14(6-3-11)12(16)10-13-4-1-8-17-9-7-13/h1-10H2. The molecule has 0 N–H and O–H groups in total. The lowest BCUT2D eigenvalue weighted by molar-refractivity contribution is -0.135. The minimum Gasteiger partial charge on any atom is -0.341 e. The van der Waals surface area contributed by atoms with Crippen molar-refractivity contribution < 1.29 is 9.59 Å². The molecule has 0 aromatic heterocycles. The summed E-state index contributed by atoms with van der Waals surface area (Å²) in [6.45, 7) is 3.84. The SMILES string of the molecule is O=C1CCN(C(=O)CN2CCCSCC2)CC1. The van der Waals surface area contributed by atoms with Crippen LogP contribution in [0.1, 0.15) is 19.3 Å². The van der Waals surface area contributed by atoms with Crippen LogP contribution in [0, 0.1) is 0 Å². The smallest absolute Gasteiger partial charge is 0.236 e. The third kappa shape index (κ3) is 4.00. The quantitative estimate of drug-likeness (QED) is 0.726. The molecule has 2 aliphatic heterocycles. The van der Waals surface area contributed by atoms with E-state index in [1.807, 2.05) is 16.7 Å². The van der Waals surface area contributed by atoms with Crippen LogP contribution >= 0.6 is 11.8 Å². The molecule has 0 saturated carbocycles. The van der Waals surface area contributed by atoms with Crippen molar-refractivity contribution in [3.05, 3.63) is 0 Å². The zero-order valence-electron chi connectivity index (χ0n) is 10.2. The van der Waals surface area contributed by atoms with Gasteiger partial charge in [-0.25, -0.2) is 0 Å². The Balaban J connectivity index is 1.77. The van der Waals surface area contributed by atoms with Crippen LogP contribution in [0.4, 0.5) is 0 Å². The molecular formula is C12H20N2O2S. The fraction of sp³-hybridized carbons (Fsp3) is 0.833. The third-order valence-corrected chi connectivity index (χ3v) is 4.40. The van der Waals surface area contributed by atoms with Crippen LogP contribution in [0.3, 0.4) is 0 Å². The maximum Gasteiger partial charge on any atom is 0.236 e. The maximum atomic E-state index is 12.1. The second-order valence-electron chi connectivity index (χ2n) is 4.66. The van der Waals surface area contributed by atoms with E-state index in [2.05, 4.69) is 4.90 Å². The highest BCUT2D eigenvalue weighted by molar-refractivity contribution is 7.99. The van der Waals surface area contributed by atoms with Gasteiger partial charge < -0.3 is 4.90 Å². The van der Waals surface area contributed by atoms with Crippen molar-refractivity contribution in [2.45, 2.75) is 19.3 Å². The average Bonchev–Trinajstić information content (AvgIpc) is 2.58. The molecule has 4 nitrogen and oxygen atoms in total. The third-order valence-electron chi connectivity index (χ3n) is 3.35. The van der Waals surface area contributed by atoms with Crippen molar-refractivity contribution in [3.63, 3.8) is 0 Å². The molecule has 0 spiro atoms. The van der Waals surface area contributed by atoms with E-state index in [4.69, 9.17) is 0 Å². The number of hydrogen-bond donors (Lipinski definition) is 0. The molecule has 0 atom stereocenters. The van der Waals surface area contributed by atoms with Crippen LogP contribution in [0.25, 0.3) is 0 Å². The first-order chi connectivity index (χ1) is 8.25. The van der Waals surface area contributed by atoms with Crippen molar-refractivity contribution in [3.8, 4) is 0 Å². The van der Waals surface area contributed by atoms with Crippen molar-refractivity contribution in [1.29, 1.82) is 0 Å². The summed E-state index contributed by atoms with van der Waals surface area (Å²) in [7, 11) is 0. The predicted molar refractivity (Wildman–Crippen MR) is 69.2 cm³/mol. The normalized spacial score (nSPS) is 23.5. The van der Waals surface area contributed by atoms with Crippen molar-refractivity contribution in [2.75, 3.05) is 44.2 Å². The zero-order chi connectivity index (χ0) is 12.1. The number of carbonyl (C=O) groups is 2. The number of carbonyl (C=O) groups excluding carboxylic acids is 2. The highest BCUT2D eigenvalue weighted by Crippen LogP contribution is 2.11. The van der Waals surface area contributed by atoms with Crippen LogP contribution in [-0.4, -0.2) is 65.7 Å². The van der Waals surface area contributed by atoms with Crippen LogP contribution in [0.5, 0.6) is 0 Å². The average molecular weight is 256 g/mol. The van der Waals surface area contributed by atoms with E-state index in [9.17, 15) is 9.59 Å². The zero-order valence-corrected chi connectivity index (χ0v) is 11.0. The highest BCUT2D eigenvalue weighted by Gasteiger charge is 2.22. The second kappa shape index (κ2) is 6.40. The van der Waals surface area contributed by atoms with Gasteiger partial charge in [-0.2, -0.15) is 11.8 Å². The Labute approximate surface area is 107 Å². The number of nitrogens with zero attached hydrogens (tertiary/aromatic N) is 2. The molecule has 2 aliphatic rings. The van der Waals surface area contributed by atoms with Crippen LogP contribution < -0.4 is 0 Å². The molecule has 0 bridgehead atoms. The monoisotopic (exact) mass is 256 g/mol. The van der Waals surface area contributed by atoms with Crippen LogP contribution in [0.2, 0.25) is 0 Å². The number of rotatable bonds is 2. The van der Waals surface area contributed by atoms with Gasteiger partial charge in [-0.3, -0.25) is 14.5 Å². The van der Waals surface area contributed by atoms with Gasteiger partial charge in [0, 0.05) is 38.2 Å². The second-order valence-corrected chi connectivity index (χ2v) is 5.89. The molecular weight excluding hydrogens is 236 g/mol. The fourth-order valence-electron chi connectivity index (χ4n) is 2.25. The minimum absolute atomic E-state index is 0.199. The molecule has 0 aromatic carbocycles. The van der Waals surface area contributed by atoms with Gasteiger partial charge in [-0.1, -0.05) is 0 Å². The molecule has 0 radical (unpaired) electrons. The van der Waals surface area contributed by atoms with E-state index >= 15 is 0 Å². The summed E-state index contributed by atoms with van der Waals surface area (Å²) in [6, 6.07) is 0. The van der Waals surface area contributed by atoms with Gasteiger partial charge in [-0.15, -0.1) is 0 Å². The molecule has 17 heavy (non-hydrogen) atoms. The van der Waals surface area contributed by atoms with Gasteiger partial charge in [0.1, 0.15) is 5.78 Å². The molecule has 2 heterocycles. The molecule has 0 aromatic rings. The fourth-order valence-corrected chi connectivity index (χ4v) is 3.18. The largest absolute Gasteiger partial charge is 0.341 e. The Morgan fingerprint density at radius 3 is 2.65 bits per heavy atom. The highest BCUT2D eigenvalue weighted by atomic mass is 32.2. The molecule has 0 aliphatic carbocycles. The Kier molecular flexibility index (Phi) is 4.86. The summed E-state index contributed by atoms with van der Waals surface area (Å²) in [6.07, 6.45) is 2.26. The molecule has 2 fully saturated rings. The predicted octanol–water partition coefficient (Wildman–Crippen LogP) is 0.617. The van der Waals surface area contributed by atoms with Gasteiger partial charge in [0.2, 0.25) is 5.91 Å². The summed E-state index contributed by atoms with van der Waals surface area (Å²) < 4.78 is 0. The number of piperidine rings is 1. The molecule has 5 heteroatoms. The van der Waals surface area contributed by atoms with Crippen molar-refractivity contribution >= 4 is 23.5 Å². The number of likely N-dealkylation sites (tertiary alicyclic amines) is 1. The Morgan fingerprint density at radius 1 is 1.12 bits per heavy atom. The first-order valence-electron chi connectivity index (χ1n) is 6.35. The van der Waals surface area contributed by atoms with Crippen LogP contribution in [-0.2, 0) is 9.59 Å². The molecule has 1 amide bonds. The Hall–Kier alpha value is -0.550. The molecule has 2 rings (SSSR count). The van der Waals surface area contributed by atoms with E-state index in [1.54, 1.807) is 0 Å². The van der Waals surface area contributed by atoms with E-state index in [-0.39, 0.29) is 5.91 Å². The maximum absolute atomic E-state index is 12.1. The summed E-state index contributed by atoms with van der Waals surface area (Å²) in [5.41, 5.74) is 0. The van der Waals surface area contributed by atoms with Gasteiger partial charge in [0.15, 0.2) is 0 Å². The van der Waals surface area contributed by atoms with E-state index in [0.717, 1.165) is 18.8 Å². The number of hydrogen-bond acceptors (Lipinski definition) is 4. The Morgan fingerprint density at radius 2 is 1.88 bits per heavy atom. The van der Waals surface area contributed by atoms with Gasteiger partial charge in [0.25, 0.3) is 0 Å². The van der Waals surface area contributed by atoms with Gasteiger partial charge in [-0.05, 0) is 18.7 Å². The molecule has 96 valence electrons. The minimum atomic E-state index is 0.199. The van der Waals surface area contributed by atoms with E-state index in [0.29, 0.717) is 38.3 Å². The summed E-state index contributed by atoms with van der Waals surface area (Å²) in [4.78, 5) is 27.3. The Bertz CT molecular complexity index is 278. The summed E-state index contributed by atoms with van der Waals surface area (Å²) in [5.74, 6) is 2.83. The summed E-state index contributed by atoms with van der Waals surface area (Å²) >= 11 is 1.97. The lowest BCUT2D eigenvalue weighted by atomic mass is 10.1. The lowest BCUT2D eigenvalue weighted by Crippen LogP contribution is -2.44. The first kappa shape index (κ1) is 12.9. The summed E-state index contributed by atoms with van der Waals surface area (Å²) in [5, 5.41) is 0. The number of amides is 1. The first-order valence-corrected chi connectivity index (χ1v) is 7.51. The van der Waals surface area contributed by atoms with Gasteiger partial charge >= 0.3 is 0 Å². The number of Topliss-reactive ketones (excluding diaryl/α,β-unsaturated/α-hetero) is 1. The topological polar surface area (TPSA) is 40.6 Å². The van der Waals surface area contributed by atoms with E-state index < -0.39 is 0 Å². The van der Waals surface area contributed by atoms with Gasteiger partial charge in [0.05, 0.1) is 6.54 Å². The van der Waals surface area contributed by atoms with Crippen molar-refractivity contribution in [1.82, 2.24) is 9.80 Å². The number of ketones is 1. The van der Waals surface area contributed by atoms with Crippen molar-refractivity contribution in [2.24, 2.45) is 0 Å². The molecule has 2 saturated heterocycles.